The zero-order chi connectivity index (χ0) is 8.97. The molecule has 3 nitrogen and oxygen atoms in total. The maximum absolute atomic E-state index is 11.2. The van der Waals surface area contributed by atoms with Crippen LogP contribution in [0.5, 0.6) is 0 Å². The molecule has 1 rings (SSSR count). The summed E-state index contributed by atoms with van der Waals surface area (Å²) in [5, 5.41) is 8.68. The first-order valence-corrected chi connectivity index (χ1v) is 4.36. The first kappa shape index (κ1) is 9.26. The van der Waals surface area contributed by atoms with E-state index in [1.807, 2.05) is 6.20 Å². The summed E-state index contributed by atoms with van der Waals surface area (Å²) >= 11 is 0. The van der Waals surface area contributed by atoms with E-state index in [1.54, 1.807) is 0 Å². The van der Waals surface area contributed by atoms with Crippen LogP contribution < -0.4 is 0 Å². The van der Waals surface area contributed by atoms with Gasteiger partial charge in [-0.15, -0.1) is 0 Å². The zero-order valence-electron chi connectivity index (χ0n) is 7.42. The highest BCUT2D eigenvalue weighted by Crippen LogP contribution is 2.13. The van der Waals surface area contributed by atoms with Crippen molar-refractivity contribution in [2.45, 2.75) is 19.8 Å². The van der Waals surface area contributed by atoms with Crippen molar-refractivity contribution < 1.29 is 9.90 Å². The molecule has 0 atom stereocenters. The molecular weight excluding hydrogens is 154 g/mol. The highest BCUT2D eigenvalue weighted by Gasteiger charge is 2.16. The van der Waals surface area contributed by atoms with Crippen LogP contribution in [0.2, 0.25) is 0 Å². The van der Waals surface area contributed by atoms with Gasteiger partial charge in [0, 0.05) is 44.3 Å². The van der Waals surface area contributed by atoms with Gasteiger partial charge >= 0.3 is 0 Å². The third-order valence-electron chi connectivity index (χ3n) is 2.11. The Labute approximate surface area is 72.7 Å². The van der Waals surface area contributed by atoms with Gasteiger partial charge in [-0.25, -0.2) is 0 Å². The number of nitrogens with zero attached hydrogens (tertiary/aromatic N) is 1. The Morgan fingerprint density at radius 3 is 3.00 bits per heavy atom. The molecule has 1 aliphatic rings. The van der Waals surface area contributed by atoms with Crippen LogP contribution in [0.15, 0.2) is 11.8 Å². The third-order valence-corrected chi connectivity index (χ3v) is 2.11. The molecule has 1 aliphatic heterocycles. The second-order valence-electron chi connectivity index (χ2n) is 2.93. The largest absolute Gasteiger partial charge is 0.396 e. The molecule has 0 bridgehead atoms. The molecule has 0 aromatic rings. The molecule has 0 aromatic carbocycles. The Morgan fingerprint density at radius 1 is 1.67 bits per heavy atom. The predicted octanol–water partition coefficient (Wildman–Crippen LogP) is 0.547. The summed E-state index contributed by atoms with van der Waals surface area (Å²) in [6.07, 6.45) is 2.97. The van der Waals surface area contributed by atoms with Crippen LogP contribution in [0.4, 0.5) is 0 Å². The molecule has 0 amide bonds. The van der Waals surface area contributed by atoms with Crippen molar-refractivity contribution in [2.24, 2.45) is 0 Å². The molecule has 0 saturated carbocycles. The van der Waals surface area contributed by atoms with Crippen LogP contribution in [-0.4, -0.2) is 35.5 Å². The summed E-state index contributed by atoms with van der Waals surface area (Å²) < 4.78 is 0. The molecule has 0 unspecified atom stereocenters. The fourth-order valence-electron chi connectivity index (χ4n) is 1.34. The van der Waals surface area contributed by atoms with Crippen LogP contribution in [-0.2, 0) is 4.79 Å². The Morgan fingerprint density at radius 2 is 2.42 bits per heavy atom. The standard InChI is InChI=1S/C9H15NO2/c1-2-10-5-3-9(12)8(7-10)4-6-11/h7,11H,2-6H2,1H3. The average molecular weight is 169 g/mol. The molecule has 0 aliphatic carbocycles. The Balaban J connectivity index is 2.63. The predicted molar refractivity (Wildman–Crippen MR) is 46.7 cm³/mol. The van der Waals surface area contributed by atoms with E-state index in [-0.39, 0.29) is 12.4 Å². The minimum absolute atomic E-state index is 0.0646. The molecule has 3 heteroatoms. The smallest absolute Gasteiger partial charge is 0.162 e. The highest BCUT2D eigenvalue weighted by molar-refractivity contribution is 5.96. The topological polar surface area (TPSA) is 40.5 Å². The van der Waals surface area contributed by atoms with Crippen LogP contribution in [0.1, 0.15) is 19.8 Å². The van der Waals surface area contributed by atoms with Gasteiger partial charge in [0.2, 0.25) is 0 Å². The Hall–Kier alpha value is -0.830. The van der Waals surface area contributed by atoms with Gasteiger partial charge in [0.1, 0.15) is 0 Å². The van der Waals surface area contributed by atoms with E-state index in [9.17, 15) is 4.79 Å². The first-order chi connectivity index (χ1) is 5.77. The zero-order valence-corrected chi connectivity index (χ0v) is 7.42. The van der Waals surface area contributed by atoms with E-state index in [4.69, 9.17) is 5.11 Å². The van der Waals surface area contributed by atoms with Crippen molar-refractivity contribution >= 4 is 5.78 Å². The number of carbonyl (C=O) groups is 1. The summed E-state index contributed by atoms with van der Waals surface area (Å²) in [5.74, 6) is 0.189. The number of aliphatic hydroxyl groups is 1. The highest BCUT2D eigenvalue weighted by atomic mass is 16.3. The van der Waals surface area contributed by atoms with E-state index >= 15 is 0 Å². The SMILES string of the molecule is CCN1C=C(CCO)C(=O)CC1. The van der Waals surface area contributed by atoms with Gasteiger partial charge in [-0.3, -0.25) is 4.79 Å². The number of hydrogen-bond donors (Lipinski definition) is 1. The van der Waals surface area contributed by atoms with Gasteiger partial charge in [0.25, 0.3) is 0 Å². The van der Waals surface area contributed by atoms with E-state index in [2.05, 4.69) is 11.8 Å². The van der Waals surface area contributed by atoms with E-state index < -0.39 is 0 Å². The number of ketones is 1. The maximum Gasteiger partial charge on any atom is 0.162 e. The van der Waals surface area contributed by atoms with Crippen molar-refractivity contribution in [3.05, 3.63) is 11.8 Å². The van der Waals surface area contributed by atoms with E-state index in [1.165, 1.54) is 0 Å². The summed E-state index contributed by atoms with van der Waals surface area (Å²) in [7, 11) is 0. The minimum atomic E-state index is 0.0646. The monoisotopic (exact) mass is 169 g/mol. The second-order valence-corrected chi connectivity index (χ2v) is 2.93. The van der Waals surface area contributed by atoms with Gasteiger partial charge in [0.15, 0.2) is 5.78 Å². The fourth-order valence-corrected chi connectivity index (χ4v) is 1.34. The lowest BCUT2D eigenvalue weighted by molar-refractivity contribution is -0.116. The van der Waals surface area contributed by atoms with Crippen LogP contribution >= 0.6 is 0 Å². The van der Waals surface area contributed by atoms with E-state index in [0.717, 1.165) is 18.7 Å². The molecule has 1 N–H and O–H groups in total. The molecule has 0 aromatic heterocycles. The lowest BCUT2D eigenvalue weighted by Crippen LogP contribution is -2.27. The number of Topliss-reactive ketones (excluding diaryl/α,β-unsaturated/α-hetero) is 1. The third kappa shape index (κ3) is 2.08. The van der Waals surface area contributed by atoms with Crippen LogP contribution in [0, 0.1) is 0 Å². The lowest BCUT2D eigenvalue weighted by Gasteiger charge is -2.24. The molecular formula is C9H15NO2. The Bertz CT molecular complexity index is 199. The van der Waals surface area contributed by atoms with Crippen molar-refractivity contribution in [3.63, 3.8) is 0 Å². The number of rotatable bonds is 3. The van der Waals surface area contributed by atoms with Crippen LogP contribution in [0.3, 0.4) is 0 Å². The Kier molecular flexibility index (Phi) is 3.29. The quantitative estimate of drug-likeness (QED) is 0.670. The minimum Gasteiger partial charge on any atom is -0.396 e. The average Bonchev–Trinajstić information content (AvgIpc) is 2.09. The molecule has 0 fully saturated rings. The fraction of sp³-hybridized carbons (Fsp3) is 0.667. The van der Waals surface area contributed by atoms with Crippen molar-refractivity contribution in [3.8, 4) is 0 Å². The molecule has 68 valence electrons. The lowest BCUT2D eigenvalue weighted by atomic mass is 10.0. The van der Waals surface area contributed by atoms with Crippen molar-refractivity contribution in [2.75, 3.05) is 19.7 Å². The van der Waals surface area contributed by atoms with Gasteiger partial charge in [-0.05, 0) is 6.92 Å². The van der Waals surface area contributed by atoms with Crippen LogP contribution in [0.25, 0.3) is 0 Å². The van der Waals surface area contributed by atoms with Gasteiger partial charge in [-0.2, -0.15) is 0 Å². The second kappa shape index (κ2) is 4.26. The summed E-state index contributed by atoms with van der Waals surface area (Å²) in [4.78, 5) is 13.3. The van der Waals surface area contributed by atoms with Crippen molar-refractivity contribution in [1.82, 2.24) is 4.90 Å². The number of hydrogen-bond acceptors (Lipinski definition) is 3. The van der Waals surface area contributed by atoms with Crippen molar-refractivity contribution in [1.29, 1.82) is 0 Å². The van der Waals surface area contributed by atoms with E-state index in [0.29, 0.717) is 12.8 Å². The summed E-state index contributed by atoms with van der Waals surface area (Å²) in [6.45, 7) is 3.88. The molecule has 12 heavy (non-hydrogen) atoms. The van der Waals surface area contributed by atoms with Gasteiger partial charge in [0.05, 0.1) is 0 Å². The summed E-state index contributed by atoms with van der Waals surface area (Å²) in [5.41, 5.74) is 0.769. The normalized spacial score (nSPS) is 18.0. The molecule has 0 spiro atoms. The molecule has 0 saturated heterocycles. The molecule has 0 radical (unpaired) electrons. The molecule has 1 heterocycles. The first-order valence-electron chi connectivity index (χ1n) is 4.36. The van der Waals surface area contributed by atoms with Gasteiger partial charge < -0.3 is 10.0 Å². The maximum atomic E-state index is 11.2. The van der Waals surface area contributed by atoms with Gasteiger partial charge in [-0.1, -0.05) is 0 Å². The number of carbonyl (C=O) groups excluding carboxylic acids is 1. The summed E-state index contributed by atoms with van der Waals surface area (Å²) in [6, 6.07) is 0. The number of aliphatic hydroxyl groups excluding tert-OH is 1.